The Morgan fingerprint density at radius 2 is 1.63 bits per heavy atom. The third-order valence-electron chi connectivity index (χ3n) is 8.70. The van der Waals surface area contributed by atoms with E-state index in [0.29, 0.717) is 42.2 Å². The van der Waals surface area contributed by atoms with Gasteiger partial charge in [-0.2, -0.15) is 0 Å². The van der Waals surface area contributed by atoms with Gasteiger partial charge in [-0.05, 0) is 101 Å². The van der Waals surface area contributed by atoms with Crippen molar-refractivity contribution in [3.8, 4) is 0 Å². The average molecular weight is 642 g/mol. The summed E-state index contributed by atoms with van der Waals surface area (Å²) in [5.74, 6) is 0.380. The van der Waals surface area contributed by atoms with Gasteiger partial charge >= 0.3 is 12.1 Å². The van der Waals surface area contributed by atoms with Crippen LogP contribution in [-0.2, 0) is 30.3 Å². The molecule has 13 heteroatoms. The summed E-state index contributed by atoms with van der Waals surface area (Å²) < 4.78 is 11.4. The van der Waals surface area contributed by atoms with Crippen molar-refractivity contribution in [1.82, 2.24) is 21.3 Å². The maximum Gasteiger partial charge on any atom is 0.408 e. The lowest BCUT2D eigenvalue weighted by atomic mass is 9.54. The number of alkyl carbamates (subject to hydrolysis) is 1. The molecule has 252 valence electrons. The van der Waals surface area contributed by atoms with Gasteiger partial charge in [0, 0.05) is 38.5 Å². The monoisotopic (exact) mass is 641 g/mol. The number of hydrogen-bond acceptors (Lipinski definition) is 9. The van der Waals surface area contributed by atoms with E-state index in [-0.39, 0.29) is 30.9 Å². The van der Waals surface area contributed by atoms with Gasteiger partial charge in [0.15, 0.2) is 5.96 Å². The van der Waals surface area contributed by atoms with Gasteiger partial charge < -0.3 is 30.5 Å². The molecule has 5 aliphatic rings. The normalized spacial score (nSPS) is 24.7. The number of carboxylic acid groups (broad SMARTS) is 1. The van der Waals surface area contributed by atoms with E-state index in [1.165, 1.54) is 19.3 Å². The molecule has 0 radical (unpaired) electrons. The Labute approximate surface area is 269 Å². The molecule has 1 heterocycles. The summed E-state index contributed by atoms with van der Waals surface area (Å²) in [4.78, 5) is 64.2. The predicted molar refractivity (Wildman–Crippen MR) is 169 cm³/mol. The van der Waals surface area contributed by atoms with Gasteiger partial charge in [0.05, 0.1) is 6.10 Å². The zero-order valence-corrected chi connectivity index (χ0v) is 26.9. The Morgan fingerprint density at radius 1 is 1.02 bits per heavy atom. The summed E-state index contributed by atoms with van der Waals surface area (Å²) >= 11 is 0. The molecule has 1 aromatic carbocycles. The standard InChI is InChI=1S/C31H43N5O6.C2H4O2/c1-19(2)41-28(39)25(35-30(40)42-31-15-21-12-22(16-31)14-23(13-21)17-31)18-34-27(38)24-7-4-20(5-8-24)6-9-26(37)36-29-32-10-3-11-33-29;1-2(3)4/h4-5,7-8,19,21-23,25H,3,6,9-18H2,1-2H3,(H,34,38)(H,35,40)(H2,32,33,36,37);1H3,(H,3,4)/t21?,22?,23?,25-,31?;/m0./s1. The van der Waals surface area contributed by atoms with E-state index in [4.69, 9.17) is 19.4 Å². The summed E-state index contributed by atoms with van der Waals surface area (Å²) in [6.07, 6.45) is 7.07. The fourth-order valence-electron chi connectivity index (χ4n) is 7.22. The van der Waals surface area contributed by atoms with Crippen molar-refractivity contribution in [3.63, 3.8) is 0 Å². The SMILES string of the molecule is CC(=O)O.CC(C)OC(=O)[C@H](CNC(=O)c1ccc(CCC(=O)NC2=NCCCN2)cc1)NC(=O)OC12CC3CC(CC(C3)C1)C2. The van der Waals surface area contributed by atoms with E-state index >= 15 is 0 Å². The molecule has 5 N–H and O–H groups in total. The van der Waals surface area contributed by atoms with Crippen LogP contribution in [0.4, 0.5) is 4.79 Å². The van der Waals surface area contributed by atoms with Crippen molar-refractivity contribution in [3.05, 3.63) is 35.4 Å². The molecule has 3 amide bonds. The highest BCUT2D eigenvalue weighted by molar-refractivity contribution is 5.97. The highest BCUT2D eigenvalue weighted by Gasteiger charge is 2.53. The molecule has 13 nitrogen and oxygen atoms in total. The summed E-state index contributed by atoms with van der Waals surface area (Å²) in [6, 6.07) is 5.85. The number of hydrogen-bond donors (Lipinski definition) is 5. The highest BCUT2D eigenvalue weighted by atomic mass is 16.6. The fourth-order valence-corrected chi connectivity index (χ4v) is 7.22. The largest absolute Gasteiger partial charge is 0.481 e. The molecule has 0 unspecified atom stereocenters. The van der Waals surface area contributed by atoms with Crippen molar-refractivity contribution < 1.29 is 38.6 Å². The van der Waals surface area contributed by atoms with Crippen molar-refractivity contribution in [2.45, 2.75) is 96.3 Å². The second-order valence-corrected chi connectivity index (χ2v) is 13.2. The number of carbonyl (C=O) groups is 5. The summed E-state index contributed by atoms with van der Waals surface area (Å²) in [7, 11) is 0. The van der Waals surface area contributed by atoms with E-state index in [9.17, 15) is 19.2 Å². The summed E-state index contributed by atoms with van der Waals surface area (Å²) in [5, 5.41) is 18.7. The third kappa shape index (κ3) is 10.4. The van der Waals surface area contributed by atoms with E-state index in [1.54, 1.807) is 38.1 Å². The van der Waals surface area contributed by atoms with Gasteiger partial charge in [-0.15, -0.1) is 0 Å². The number of nitrogens with one attached hydrogen (secondary N) is 4. The van der Waals surface area contributed by atoms with Crippen LogP contribution in [0.2, 0.25) is 0 Å². The number of aliphatic carboxylic acids is 1. The summed E-state index contributed by atoms with van der Waals surface area (Å²) in [5.41, 5.74) is 0.863. The number of ether oxygens (including phenoxy) is 2. The third-order valence-corrected chi connectivity index (χ3v) is 8.70. The molecule has 1 aromatic rings. The number of aliphatic imine (C=N–C) groups is 1. The molecular formula is C33H47N5O8. The second-order valence-electron chi connectivity index (χ2n) is 13.2. The van der Waals surface area contributed by atoms with Crippen molar-refractivity contribution in [1.29, 1.82) is 0 Å². The van der Waals surface area contributed by atoms with Gasteiger partial charge in [0.2, 0.25) is 5.91 Å². The van der Waals surface area contributed by atoms with Gasteiger partial charge in [0.1, 0.15) is 11.6 Å². The van der Waals surface area contributed by atoms with Crippen LogP contribution in [0.15, 0.2) is 29.3 Å². The van der Waals surface area contributed by atoms with E-state index in [1.807, 2.05) is 0 Å². The van der Waals surface area contributed by atoms with Crippen LogP contribution in [-0.4, -0.2) is 78.3 Å². The lowest BCUT2D eigenvalue weighted by molar-refractivity contribution is -0.151. The second kappa shape index (κ2) is 15.9. The number of rotatable bonds is 10. The zero-order chi connectivity index (χ0) is 33.3. The first-order chi connectivity index (χ1) is 21.9. The number of esters is 1. The van der Waals surface area contributed by atoms with E-state index < -0.39 is 29.7 Å². The van der Waals surface area contributed by atoms with Gasteiger partial charge in [-0.1, -0.05) is 12.1 Å². The first-order valence-electron chi connectivity index (χ1n) is 16.2. The smallest absolute Gasteiger partial charge is 0.408 e. The predicted octanol–water partition coefficient (Wildman–Crippen LogP) is 2.92. The Morgan fingerprint density at radius 3 is 2.17 bits per heavy atom. The first-order valence-corrected chi connectivity index (χ1v) is 16.2. The lowest BCUT2D eigenvalue weighted by Gasteiger charge is -2.55. The molecule has 46 heavy (non-hydrogen) atoms. The highest BCUT2D eigenvalue weighted by Crippen LogP contribution is 2.57. The van der Waals surface area contributed by atoms with Crippen molar-refractivity contribution >= 4 is 35.8 Å². The molecule has 0 spiro atoms. The van der Waals surface area contributed by atoms with Crippen LogP contribution >= 0.6 is 0 Å². The van der Waals surface area contributed by atoms with Gasteiger partial charge in [0.25, 0.3) is 11.9 Å². The van der Waals surface area contributed by atoms with Crippen LogP contribution in [0.5, 0.6) is 0 Å². The Bertz CT molecular complexity index is 1260. The molecule has 4 fully saturated rings. The summed E-state index contributed by atoms with van der Waals surface area (Å²) in [6.45, 7) is 5.90. The number of amides is 3. The van der Waals surface area contributed by atoms with Crippen LogP contribution < -0.4 is 21.3 Å². The molecule has 4 bridgehead atoms. The molecule has 4 saturated carbocycles. The minimum absolute atomic E-state index is 0.126. The number of benzene rings is 1. The lowest BCUT2D eigenvalue weighted by Crippen LogP contribution is -2.56. The van der Waals surface area contributed by atoms with Crippen molar-refractivity contribution in [2.24, 2.45) is 22.7 Å². The fraction of sp³-hybridized carbons (Fsp3) is 0.636. The molecular weight excluding hydrogens is 594 g/mol. The minimum Gasteiger partial charge on any atom is -0.481 e. The van der Waals surface area contributed by atoms with Crippen LogP contribution in [0.25, 0.3) is 0 Å². The van der Waals surface area contributed by atoms with Gasteiger partial charge in [-0.25, -0.2) is 9.59 Å². The molecule has 0 saturated heterocycles. The molecule has 0 aromatic heterocycles. The maximum atomic E-state index is 13.0. The van der Waals surface area contributed by atoms with Crippen LogP contribution in [0.3, 0.4) is 0 Å². The van der Waals surface area contributed by atoms with E-state index in [2.05, 4.69) is 26.3 Å². The Hall–Kier alpha value is -4.16. The maximum absolute atomic E-state index is 13.0. The number of guanidine groups is 1. The number of aryl methyl sites for hydroxylation is 1. The molecule has 6 rings (SSSR count). The minimum atomic E-state index is -1.08. The first kappa shape index (κ1) is 34.7. The average Bonchev–Trinajstić information content (AvgIpc) is 2.97. The van der Waals surface area contributed by atoms with Crippen LogP contribution in [0, 0.1) is 17.8 Å². The molecule has 1 aliphatic heterocycles. The molecule has 1 atom stereocenters. The number of carboxylic acids is 1. The quantitative estimate of drug-likeness (QED) is 0.240. The number of carbonyl (C=O) groups excluding carboxylic acids is 4. The van der Waals surface area contributed by atoms with Crippen LogP contribution in [0.1, 0.15) is 88.1 Å². The zero-order valence-electron chi connectivity index (χ0n) is 26.9. The molecule has 4 aliphatic carbocycles. The van der Waals surface area contributed by atoms with Crippen molar-refractivity contribution in [2.75, 3.05) is 19.6 Å². The van der Waals surface area contributed by atoms with E-state index in [0.717, 1.165) is 44.7 Å². The Balaban J connectivity index is 0.00000113. The van der Waals surface area contributed by atoms with Gasteiger partial charge in [-0.3, -0.25) is 24.7 Å². The number of nitrogens with zero attached hydrogens (tertiary/aromatic N) is 1. The Kier molecular flexibility index (Phi) is 12.0. The topological polar surface area (TPSA) is 185 Å².